The van der Waals surface area contributed by atoms with Crippen LogP contribution in [0.25, 0.3) is 62.2 Å². The number of fused-ring (bicyclic) bond motifs is 12. The zero-order valence-electron chi connectivity index (χ0n) is 25.5. The third-order valence-corrected chi connectivity index (χ3v) is 15.9. The van der Waals surface area contributed by atoms with Gasteiger partial charge in [0.15, 0.2) is 0 Å². The van der Waals surface area contributed by atoms with Crippen molar-refractivity contribution in [1.82, 2.24) is 0 Å². The van der Waals surface area contributed by atoms with Crippen molar-refractivity contribution in [3.05, 3.63) is 140 Å². The van der Waals surface area contributed by atoms with Crippen LogP contribution in [0, 0.1) is 0 Å². The van der Waals surface area contributed by atoms with E-state index < -0.39 is 8.07 Å². The zero-order valence-corrected chi connectivity index (χ0v) is 28.2. The van der Waals surface area contributed by atoms with Crippen molar-refractivity contribution in [3.8, 4) is 11.1 Å². The summed E-state index contributed by atoms with van der Waals surface area (Å²) in [5, 5.41) is 11.2. The maximum atomic E-state index is 2.53. The van der Waals surface area contributed by atoms with Crippen LogP contribution in [0.3, 0.4) is 0 Å². The smallest absolute Gasteiger partial charge is 0.113 e. The average molecular weight is 640 g/mol. The molecule has 9 aromatic rings. The number of rotatable bonds is 3. The molecule has 46 heavy (non-hydrogen) atoms. The molecule has 2 aromatic heterocycles. The average Bonchev–Trinajstić information content (AvgIpc) is 3.73. The molecule has 0 N–H and O–H groups in total. The van der Waals surface area contributed by atoms with Gasteiger partial charge in [-0.25, -0.2) is 0 Å². The van der Waals surface area contributed by atoms with E-state index in [1.165, 1.54) is 84.5 Å². The number of benzene rings is 7. The molecule has 0 bridgehead atoms. The van der Waals surface area contributed by atoms with Gasteiger partial charge in [0.25, 0.3) is 0 Å². The Morgan fingerprint density at radius 1 is 0.478 bits per heavy atom. The van der Waals surface area contributed by atoms with Crippen molar-refractivity contribution in [1.29, 1.82) is 0 Å². The molecule has 0 radical (unpaired) electrons. The molecule has 0 fully saturated rings. The minimum absolute atomic E-state index is 1.17. The van der Waals surface area contributed by atoms with Crippen LogP contribution in [0.5, 0.6) is 0 Å². The summed E-state index contributed by atoms with van der Waals surface area (Å²) in [6, 6.07) is 52.2. The van der Waals surface area contributed by atoms with Crippen molar-refractivity contribution in [3.63, 3.8) is 0 Å². The fraction of sp³-hybridized carbons (Fsp3) is 0.0476. The second-order valence-corrected chi connectivity index (χ2v) is 19.4. The number of hydrogen-bond acceptors (Lipinski definition) is 3. The largest absolute Gasteiger partial charge is 0.310 e. The fourth-order valence-corrected chi connectivity index (χ4v) is 13.2. The van der Waals surface area contributed by atoms with E-state index in [2.05, 4.69) is 158 Å². The van der Waals surface area contributed by atoms with Gasteiger partial charge in [-0.05, 0) is 86.9 Å². The fourth-order valence-electron chi connectivity index (χ4n) is 7.83. The minimum atomic E-state index is -1.95. The third-order valence-electron chi connectivity index (χ3n) is 10.0. The monoisotopic (exact) mass is 639 g/mol. The lowest BCUT2D eigenvalue weighted by molar-refractivity contribution is 1.29. The molecule has 10 rings (SSSR count). The third kappa shape index (κ3) is 3.66. The van der Waals surface area contributed by atoms with E-state index in [-0.39, 0.29) is 0 Å². The quantitative estimate of drug-likeness (QED) is 0.174. The highest BCUT2D eigenvalue weighted by atomic mass is 32.1. The number of hydrogen-bond donors (Lipinski definition) is 0. The van der Waals surface area contributed by atoms with Crippen LogP contribution >= 0.6 is 22.7 Å². The van der Waals surface area contributed by atoms with E-state index in [1.807, 2.05) is 22.7 Å². The molecule has 1 aliphatic rings. The molecule has 3 heterocycles. The van der Waals surface area contributed by atoms with Gasteiger partial charge >= 0.3 is 0 Å². The van der Waals surface area contributed by atoms with Gasteiger partial charge in [-0.15, -0.1) is 22.7 Å². The Labute approximate surface area is 276 Å². The first-order valence-electron chi connectivity index (χ1n) is 15.9. The molecule has 218 valence electrons. The molecule has 7 aromatic carbocycles. The summed E-state index contributed by atoms with van der Waals surface area (Å²) in [6.07, 6.45) is 0. The lowest BCUT2D eigenvalue weighted by Gasteiger charge is -2.28. The number of para-hydroxylation sites is 1. The Morgan fingerprint density at radius 2 is 1.17 bits per heavy atom. The van der Waals surface area contributed by atoms with Crippen molar-refractivity contribution in [2.45, 2.75) is 13.1 Å². The van der Waals surface area contributed by atoms with E-state index in [0.717, 1.165) is 0 Å². The summed E-state index contributed by atoms with van der Waals surface area (Å²) < 4.78 is 5.47. The van der Waals surface area contributed by atoms with Gasteiger partial charge in [0, 0.05) is 57.4 Å². The number of anilines is 3. The van der Waals surface area contributed by atoms with Gasteiger partial charge in [0.2, 0.25) is 0 Å². The first-order valence-corrected chi connectivity index (χ1v) is 20.5. The second kappa shape index (κ2) is 9.63. The summed E-state index contributed by atoms with van der Waals surface area (Å²) in [5.74, 6) is 0. The molecule has 0 saturated carbocycles. The predicted molar refractivity (Wildman–Crippen MR) is 207 cm³/mol. The Morgan fingerprint density at radius 3 is 2.02 bits per heavy atom. The molecule has 4 heteroatoms. The summed E-state index contributed by atoms with van der Waals surface area (Å²) >= 11 is 3.81. The summed E-state index contributed by atoms with van der Waals surface area (Å²) in [4.78, 5) is 2.44. The summed E-state index contributed by atoms with van der Waals surface area (Å²) in [5.41, 5.74) is 6.46. The first kappa shape index (κ1) is 26.5. The van der Waals surface area contributed by atoms with Gasteiger partial charge < -0.3 is 4.90 Å². The molecule has 0 atom stereocenters. The van der Waals surface area contributed by atoms with E-state index in [4.69, 9.17) is 0 Å². The zero-order chi connectivity index (χ0) is 30.6. The molecule has 0 spiro atoms. The van der Waals surface area contributed by atoms with Crippen LogP contribution in [0.4, 0.5) is 17.1 Å². The Bertz CT molecular complexity index is 2680. The SMILES string of the molecule is C[Si]1(C)c2cc(N(c3ccccc3)c3ccc4c(ccc5c6ccccc6sc45)c3)ccc2-c2c1ccc1sc3ccccc3c21. The van der Waals surface area contributed by atoms with Crippen LogP contribution in [0.2, 0.25) is 13.1 Å². The van der Waals surface area contributed by atoms with Crippen LogP contribution in [-0.4, -0.2) is 8.07 Å². The van der Waals surface area contributed by atoms with Gasteiger partial charge in [0.05, 0.1) is 0 Å². The minimum Gasteiger partial charge on any atom is -0.310 e. The molecule has 1 aliphatic heterocycles. The predicted octanol–water partition coefficient (Wildman–Crippen LogP) is 11.8. The second-order valence-electron chi connectivity index (χ2n) is 12.9. The maximum absolute atomic E-state index is 2.53. The lowest BCUT2D eigenvalue weighted by Crippen LogP contribution is -2.49. The summed E-state index contributed by atoms with van der Waals surface area (Å²) in [7, 11) is -1.95. The highest BCUT2D eigenvalue weighted by molar-refractivity contribution is 7.27. The van der Waals surface area contributed by atoms with Crippen LogP contribution < -0.4 is 15.3 Å². The lowest BCUT2D eigenvalue weighted by atomic mass is 9.99. The highest BCUT2D eigenvalue weighted by Gasteiger charge is 2.39. The van der Waals surface area contributed by atoms with Gasteiger partial charge in [0.1, 0.15) is 8.07 Å². The molecule has 1 nitrogen and oxygen atoms in total. The van der Waals surface area contributed by atoms with Crippen molar-refractivity contribution in [2.75, 3.05) is 4.90 Å². The number of nitrogens with zero attached hydrogens (tertiary/aromatic N) is 1. The highest BCUT2D eigenvalue weighted by Crippen LogP contribution is 2.45. The van der Waals surface area contributed by atoms with Gasteiger partial charge in [-0.2, -0.15) is 0 Å². The molecule has 0 aliphatic carbocycles. The molecule has 0 amide bonds. The topological polar surface area (TPSA) is 3.24 Å². The van der Waals surface area contributed by atoms with Crippen molar-refractivity contribution in [2.24, 2.45) is 0 Å². The van der Waals surface area contributed by atoms with Crippen LogP contribution in [0.1, 0.15) is 0 Å². The van der Waals surface area contributed by atoms with E-state index >= 15 is 0 Å². The molecular weight excluding hydrogens is 611 g/mol. The van der Waals surface area contributed by atoms with Crippen LogP contribution in [-0.2, 0) is 0 Å². The molecular formula is C42H29NS2Si. The van der Waals surface area contributed by atoms with Gasteiger partial charge in [-0.3, -0.25) is 0 Å². The Hall–Kier alpha value is -4.74. The first-order chi connectivity index (χ1) is 22.6. The molecule has 0 unspecified atom stereocenters. The normalized spacial score (nSPS) is 13.6. The van der Waals surface area contributed by atoms with E-state index in [9.17, 15) is 0 Å². The Balaban J connectivity index is 1.17. The maximum Gasteiger partial charge on any atom is 0.113 e. The van der Waals surface area contributed by atoms with E-state index in [1.54, 1.807) is 5.19 Å². The van der Waals surface area contributed by atoms with Crippen molar-refractivity contribution < 1.29 is 0 Å². The van der Waals surface area contributed by atoms with E-state index in [0.29, 0.717) is 0 Å². The Kier molecular flexibility index (Phi) is 5.54. The van der Waals surface area contributed by atoms with Gasteiger partial charge in [-0.1, -0.05) is 98.0 Å². The molecule has 0 saturated heterocycles. The van der Waals surface area contributed by atoms with Crippen LogP contribution in [0.15, 0.2) is 140 Å². The number of thiophene rings is 2. The van der Waals surface area contributed by atoms with Crippen molar-refractivity contribution >= 4 is 109 Å². The summed E-state index contributed by atoms with van der Waals surface area (Å²) in [6.45, 7) is 5.06. The standard InChI is InChI=1S/C42H29NS2Si/c1-46(2)38-23-22-37-40(33-13-7-9-15-36(33)44-37)41(38)34-21-18-29(25-39(34)46)43(27-10-4-3-5-11-27)28-17-20-30-26(24-28)16-19-32-31-12-6-8-14-35(31)45-42(30)32/h3-25H,1-2H3.